The Labute approximate surface area is 198 Å². The molecule has 1 amide bonds. The van der Waals surface area contributed by atoms with E-state index in [0.717, 1.165) is 11.1 Å². The maximum Gasteiger partial charge on any atom is 0.335 e. The summed E-state index contributed by atoms with van der Waals surface area (Å²) in [5, 5.41) is 14.0. The van der Waals surface area contributed by atoms with Gasteiger partial charge in [0.2, 0.25) is 5.82 Å². The molecule has 0 aliphatic rings. The highest BCUT2D eigenvalue weighted by atomic mass is 32.1. The van der Waals surface area contributed by atoms with Crippen molar-refractivity contribution in [1.29, 1.82) is 0 Å². The van der Waals surface area contributed by atoms with Gasteiger partial charge >= 0.3 is 5.97 Å². The number of thiophene rings is 1. The average Bonchev–Trinajstić information content (AvgIpc) is 3.26. The van der Waals surface area contributed by atoms with Gasteiger partial charge in [-0.15, -0.1) is 11.3 Å². The number of fused-ring (bicyclic) bond motifs is 1. The second-order valence-electron chi connectivity index (χ2n) is 7.32. The largest absolute Gasteiger partial charge is 0.497 e. The Bertz CT molecular complexity index is 1390. The summed E-state index contributed by atoms with van der Waals surface area (Å²) >= 11 is 1.28. The molecule has 4 aromatic rings. The van der Waals surface area contributed by atoms with Gasteiger partial charge < -0.3 is 24.9 Å². The van der Waals surface area contributed by atoms with Gasteiger partial charge in [-0.05, 0) is 52.9 Å². The number of H-pyrrole nitrogens is 1. The van der Waals surface area contributed by atoms with Gasteiger partial charge in [0.1, 0.15) is 16.3 Å². The summed E-state index contributed by atoms with van der Waals surface area (Å²) in [6.45, 7) is 0.554. The van der Waals surface area contributed by atoms with Crippen LogP contribution in [0.4, 0.5) is 0 Å². The Balaban J connectivity index is 1.40. The molecule has 174 valence electrons. The van der Waals surface area contributed by atoms with E-state index in [-0.39, 0.29) is 17.9 Å². The minimum absolute atomic E-state index is 0.0523. The zero-order valence-electron chi connectivity index (χ0n) is 18.2. The van der Waals surface area contributed by atoms with Crippen LogP contribution < -0.4 is 20.3 Å². The maximum absolute atomic E-state index is 12.7. The number of amides is 1. The highest BCUT2D eigenvalue weighted by Gasteiger charge is 2.15. The summed E-state index contributed by atoms with van der Waals surface area (Å²) in [6.07, 6.45) is 0.451. The molecule has 3 N–H and O–H groups in total. The number of ether oxygens (including phenoxy) is 2. The van der Waals surface area contributed by atoms with E-state index in [1.165, 1.54) is 23.5 Å². The second kappa shape index (κ2) is 10.2. The first-order valence-corrected chi connectivity index (χ1v) is 11.2. The zero-order chi connectivity index (χ0) is 24.1. The van der Waals surface area contributed by atoms with Crippen LogP contribution in [0.5, 0.6) is 11.5 Å². The lowest BCUT2D eigenvalue weighted by atomic mass is 10.2. The number of aromatic nitrogens is 2. The van der Waals surface area contributed by atoms with Crippen molar-refractivity contribution in [2.45, 2.75) is 13.0 Å². The quantitative estimate of drug-likeness (QED) is 0.336. The Hall–Kier alpha value is -4.18. The van der Waals surface area contributed by atoms with Crippen LogP contribution in [0.25, 0.3) is 10.2 Å². The average molecular weight is 480 g/mol. The predicted octanol–water partition coefficient (Wildman–Crippen LogP) is 3.24. The number of hydrogen-bond donors (Lipinski definition) is 3. The highest BCUT2D eigenvalue weighted by Crippen LogP contribution is 2.22. The Morgan fingerprint density at radius 2 is 1.94 bits per heavy atom. The third-order valence-electron chi connectivity index (χ3n) is 5.06. The molecule has 0 spiro atoms. The molecule has 0 fully saturated rings. The molecule has 34 heavy (non-hydrogen) atoms. The van der Waals surface area contributed by atoms with Gasteiger partial charge in [0.05, 0.1) is 24.7 Å². The van der Waals surface area contributed by atoms with Gasteiger partial charge in [-0.1, -0.05) is 12.1 Å². The first kappa shape index (κ1) is 23.0. The molecule has 0 saturated carbocycles. The summed E-state index contributed by atoms with van der Waals surface area (Å²) in [4.78, 5) is 43.5. The van der Waals surface area contributed by atoms with Gasteiger partial charge in [-0.3, -0.25) is 9.59 Å². The second-order valence-corrected chi connectivity index (χ2v) is 8.18. The predicted molar refractivity (Wildman–Crippen MR) is 127 cm³/mol. The van der Waals surface area contributed by atoms with Gasteiger partial charge in [-0.25, -0.2) is 9.78 Å². The van der Waals surface area contributed by atoms with E-state index in [1.807, 2.05) is 29.6 Å². The number of nitrogens with one attached hydrogen (secondary N) is 2. The number of carboxylic acids is 1. The molecule has 10 heteroatoms. The van der Waals surface area contributed by atoms with Crippen molar-refractivity contribution in [3.63, 3.8) is 0 Å². The van der Waals surface area contributed by atoms with Crippen LogP contribution in [0.3, 0.4) is 0 Å². The third-order valence-corrected chi connectivity index (χ3v) is 5.98. The van der Waals surface area contributed by atoms with Gasteiger partial charge in [0.15, 0.2) is 0 Å². The molecule has 0 bridgehead atoms. The summed E-state index contributed by atoms with van der Waals surface area (Å²) in [6, 6.07) is 13.4. The van der Waals surface area contributed by atoms with E-state index >= 15 is 0 Å². The molecule has 0 aliphatic carbocycles. The Morgan fingerprint density at radius 1 is 1.15 bits per heavy atom. The van der Waals surface area contributed by atoms with Crippen LogP contribution in [-0.4, -0.2) is 40.7 Å². The van der Waals surface area contributed by atoms with Crippen LogP contribution in [0, 0.1) is 0 Å². The third kappa shape index (κ3) is 5.24. The number of carbonyl (C=O) groups is 2. The van der Waals surface area contributed by atoms with Crippen molar-refractivity contribution in [1.82, 2.24) is 15.3 Å². The molecule has 2 aromatic carbocycles. The molecule has 0 unspecified atom stereocenters. The van der Waals surface area contributed by atoms with E-state index in [1.54, 1.807) is 19.2 Å². The summed E-state index contributed by atoms with van der Waals surface area (Å²) in [5.74, 6) is -0.316. The number of hydrogen-bond acceptors (Lipinski definition) is 7. The van der Waals surface area contributed by atoms with E-state index < -0.39 is 17.4 Å². The first-order valence-electron chi connectivity index (χ1n) is 10.3. The standard InChI is InChI=1S/C24H21N3O6S/c1-32-18-4-2-3-14(11-18)12-25-22(29)20-26-21(28)19-16(13-34-23(19)27-20)9-10-33-17-7-5-15(6-8-17)24(30)31/h2-8,11,13H,9-10,12H2,1H3,(H,25,29)(H,30,31)(H,26,27,28). The van der Waals surface area contributed by atoms with Crippen molar-refractivity contribution >= 4 is 33.4 Å². The maximum atomic E-state index is 12.7. The SMILES string of the molecule is COc1cccc(CNC(=O)c2nc3scc(CCOc4ccc(C(=O)O)cc4)c3c(=O)[nH]2)c1. The number of aromatic carboxylic acids is 1. The smallest absolute Gasteiger partial charge is 0.335 e. The lowest BCUT2D eigenvalue weighted by Crippen LogP contribution is -2.27. The lowest BCUT2D eigenvalue weighted by Gasteiger charge is -2.07. The number of carboxylic acid groups (broad SMARTS) is 1. The fraction of sp³-hybridized carbons (Fsp3) is 0.167. The van der Waals surface area contributed by atoms with E-state index in [9.17, 15) is 14.4 Å². The summed E-state index contributed by atoms with van der Waals surface area (Å²) in [7, 11) is 1.57. The molecular formula is C24H21N3O6S. The monoisotopic (exact) mass is 479 g/mol. The first-order chi connectivity index (χ1) is 16.4. The van der Waals surface area contributed by atoms with Crippen LogP contribution >= 0.6 is 11.3 Å². The molecule has 9 nitrogen and oxygen atoms in total. The number of benzene rings is 2. The minimum Gasteiger partial charge on any atom is -0.497 e. The molecule has 0 radical (unpaired) electrons. The summed E-state index contributed by atoms with van der Waals surface area (Å²) in [5.41, 5.74) is 1.40. The lowest BCUT2D eigenvalue weighted by molar-refractivity contribution is 0.0696. The van der Waals surface area contributed by atoms with Crippen LogP contribution in [0.15, 0.2) is 58.7 Å². The van der Waals surface area contributed by atoms with Crippen molar-refractivity contribution in [3.05, 3.63) is 86.8 Å². The fourth-order valence-electron chi connectivity index (χ4n) is 3.32. The fourth-order valence-corrected chi connectivity index (χ4v) is 4.29. The van der Waals surface area contributed by atoms with E-state index in [2.05, 4.69) is 15.3 Å². The number of carbonyl (C=O) groups excluding carboxylic acids is 1. The van der Waals surface area contributed by atoms with Gasteiger partial charge in [0.25, 0.3) is 11.5 Å². The number of nitrogens with zero attached hydrogens (tertiary/aromatic N) is 1. The van der Waals surface area contributed by atoms with E-state index in [0.29, 0.717) is 34.7 Å². The van der Waals surface area contributed by atoms with Crippen molar-refractivity contribution < 1.29 is 24.2 Å². The highest BCUT2D eigenvalue weighted by molar-refractivity contribution is 7.16. The number of methoxy groups -OCH3 is 1. The Kier molecular flexibility index (Phi) is 6.88. The van der Waals surface area contributed by atoms with Crippen molar-refractivity contribution in [2.75, 3.05) is 13.7 Å². The number of rotatable bonds is 9. The van der Waals surface area contributed by atoms with E-state index in [4.69, 9.17) is 14.6 Å². The summed E-state index contributed by atoms with van der Waals surface area (Å²) < 4.78 is 10.8. The Morgan fingerprint density at radius 3 is 2.68 bits per heavy atom. The molecule has 2 aromatic heterocycles. The molecule has 0 saturated heterocycles. The normalized spacial score (nSPS) is 10.7. The van der Waals surface area contributed by atoms with Crippen LogP contribution in [-0.2, 0) is 13.0 Å². The topological polar surface area (TPSA) is 131 Å². The molecule has 0 atom stereocenters. The van der Waals surface area contributed by atoms with Crippen LogP contribution in [0.1, 0.15) is 32.1 Å². The minimum atomic E-state index is -1.00. The molecular weight excluding hydrogens is 458 g/mol. The van der Waals surface area contributed by atoms with Crippen molar-refractivity contribution in [2.24, 2.45) is 0 Å². The molecule has 0 aliphatic heterocycles. The number of aromatic amines is 1. The van der Waals surface area contributed by atoms with Crippen LogP contribution in [0.2, 0.25) is 0 Å². The van der Waals surface area contributed by atoms with Gasteiger partial charge in [0, 0.05) is 13.0 Å². The van der Waals surface area contributed by atoms with Gasteiger partial charge in [-0.2, -0.15) is 0 Å². The van der Waals surface area contributed by atoms with Crippen molar-refractivity contribution in [3.8, 4) is 11.5 Å². The molecule has 4 rings (SSSR count). The zero-order valence-corrected chi connectivity index (χ0v) is 19.0. The molecule has 2 heterocycles.